The van der Waals surface area contributed by atoms with Gasteiger partial charge < -0.3 is 4.74 Å². The summed E-state index contributed by atoms with van der Waals surface area (Å²) in [4.78, 5) is 11.8. The van der Waals surface area contributed by atoms with Gasteiger partial charge in [-0.1, -0.05) is 168 Å². The second-order valence-corrected chi connectivity index (χ2v) is 10.5. The van der Waals surface area contributed by atoms with Gasteiger partial charge in [-0.15, -0.1) is 0 Å². The molecule has 0 rings (SSSR count). The lowest BCUT2D eigenvalue weighted by atomic mass is 10.0. The van der Waals surface area contributed by atoms with Gasteiger partial charge in [0.25, 0.3) is 0 Å². The molecule has 0 amide bonds. The first-order valence-electron chi connectivity index (χ1n) is 15.5. The fourth-order valence-corrected chi connectivity index (χ4v) is 4.67. The Hall–Kier alpha value is -0.530. The summed E-state index contributed by atoms with van der Waals surface area (Å²) in [7, 11) is 0. The summed E-state index contributed by atoms with van der Waals surface area (Å²) in [5.74, 6) is 0.0250. The Morgan fingerprint density at radius 2 is 0.667 bits per heavy atom. The minimum absolute atomic E-state index is 0.0250. The molecule has 0 radical (unpaired) electrons. The molecule has 0 bridgehead atoms. The minimum Gasteiger partial charge on any atom is -0.466 e. The van der Waals surface area contributed by atoms with E-state index >= 15 is 0 Å². The first kappa shape index (κ1) is 32.5. The maximum atomic E-state index is 11.8. The standard InChI is InChI=1S/C31H62O2/c1-3-5-7-9-11-13-15-17-19-21-23-25-27-29-31(32)33-30-28-26-24-22-20-18-16-14-12-10-8-6-4-2/h3-30H2,1-2H3. The van der Waals surface area contributed by atoms with Gasteiger partial charge in [0.05, 0.1) is 6.61 Å². The highest BCUT2D eigenvalue weighted by Gasteiger charge is 2.02. The van der Waals surface area contributed by atoms with Crippen molar-refractivity contribution >= 4 is 5.97 Å². The predicted molar refractivity (Wildman–Crippen MR) is 147 cm³/mol. The van der Waals surface area contributed by atoms with Crippen molar-refractivity contribution in [3.05, 3.63) is 0 Å². The molecule has 0 fully saturated rings. The van der Waals surface area contributed by atoms with E-state index in [0.29, 0.717) is 13.0 Å². The van der Waals surface area contributed by atoms with Crippen LogP contribution in [0.5, 0.6) is 0 Å². The van der Waals surface area contributed by atoms with E-state index in [-0.39, 0.29) is 5.97 Å². The second-order valence-electron chi connectivity index (χ2n) is 10.5. The van der Waals surface area contributed by atoms with Crippen molar-refractivity contribution in [2.45, 2.75) is 187 Å². The van der Waals surface area contributed by atoms with E-state index in [1.165, 1.54) is 154 Å². The van der Waals surface area contributed by atoms with E-state index in [9.17, 15) is 4.79 Å². The normalized spacial score (nSPS) is 11.2. The van der Waals surface area contributed by atoms with Gasteiger partial charge in [0, 0.05) is 6.42 Å². The average molecular weight is 467 g/mol. The Morgan fingerprint density at radius 1 is 0.394 bits per heavy atom. The third-order valence-corrected chi connectivity index (χ3v) is 7.00. The van der Waals surface area contributed by atoms with Crippen LogP contribution in [0.15, 0.2) is 0 Å². The summed E-state index contributed by atoms with van der Waals surface area (Å²) in [6.07, 6.45) is 35.7. The summed E-state index contributed by atoms with van der Waals surface area (Å²) in [5, 5.41) is 0. The van der Waals surface area contributed by atoms with E-state index < -0.39 is 0 Å². The first-order chi connectivity index (χ1) is 16.3. The summed E-state index contributed by atoms with van der Waals surface area (Å²) in [5.41, 5.74) is 0. The Morgan fingerprint density at radius 3 is 1.00 bits per heavy atom. The van der Waals surface area contributed by atoms with Gasteiger partial charge in [0.2, 0.25) is 0 Å². The quantitative estimate of drug-likeness (QED) is 0.0846. The molecule has 0 aromatic heterocycles. The summed E-state index contributed by atoms with van der Waals surface area (Å²) < 4.78 is 5.41. The lowest BCUT2D eigenvalue weighted by Crippen LogP contribution is -2.05. The molecule has 0 saturated carbocycles. The van der Waals surface area contributed by atoms with Crippen LogP contribution in [0.25, 0.3) is 0 Å². The van der Waals surface area contributed by atoms with Crippen LogP contribution in [-0.4, -0.2) is 12.6 Å². The number of unbranched alkanes of at least 4 members (excludes halogenated alkanes) is 24. The Kier molecular flexibility index (Phi) is 29.0. The van der Waals surface area contributed by atoms with E-state index in [0.717, 1.165) is 12.8 Å². The van der Waals surface area contributed by atoms with Crippen molar-refractivity contribution in [3.63, 3.8) is 0 Å². The van der Waals surface area contributed by atoms with Crippen molar-refractivity contribution < 1.29 is 9.53 Å². The third kappa shape index (κ3) is 29.4. The van der Waals surface area contributed by atoms with E-state index in [1.807, 2.05) is 0 Å². The van der Waals surface area contributed by atoms with Crippen LogP contribution >= 0.6 is 0 Å². The molecule has 0 unspecified atom stereocenters. The van der Waals surface area contributed by atoms with Gasteiger partial charge >= 0.3 is 5.97 Å². The van der Waals surface area contributed by atoms with Crippen LogP contribution in [-0.2, 0) is 9.53 Å². The highest BCUT2D eigenvalue weighted by Crippen LogP contribution is 2.14. The maximum absolute atomic E-state index is 11.8. The molecule has 33 heavy (non-hydrogen) atoms. The molecule has 198 valence electrons. The van der Waals surface area contributed by atoms with Gasteiger partial charge in [0.15, 0.2) is 0 Å². The summed E-state index contributed by atoms with van der Waals surface area (Å²) in [6.45, 7) is 5.20. The Balaban J connectivity index is 3.14. The highest BCUT2D eigenvalue weighted by molar-refractivity contribution is 5.69. The number of hydrogen-bond acceptors (Lipinski definition) is 2. The summed E-state index contributed by atoms with van der Waals surface area (Å²) >= 11 is 0. The van der Waals surface area contributed by atoms with Crippen molar-refractivity contribution in [1.82, 2.24) is 0 Å². The molecule has 0 aliphatic rings. The molecule has 2 heteroatoms. The topological polar surface area (TPSA) is 26.3 Å². The average Bonchev–Trinajstić information content (AvgIpc) is 2.82. The molecule has 0 aliphatic heterocycles. The Bertz CT molecular complexity index is 366. The van der Waals surface area contributed by atoms with Crippen molar-refractivity contribution in [1.29, 1.82) is 0 Å². The van der Waals surface area contributed by atoms with Crippen LogP contribution in [0.3, 0.4) is 0 Å². The van der Waals surface area contributed by atoms with Gasteiger partial charge in [0.1, 0.15) is 0 Å². The van der Waals surface area contributed by atoms with Gasteiger partial charge in [-0.05, 0) is 12.8 Å². The molecule has 0 aromatic carbocycles. The van der Waals surface area contributed by atoms with Gasteiger partial charge in [-0.2, -0.15) is 0 Å². The number of ether oxygens (including phenoxy) is 1. The largest absolute Gasteiger partial charge is 0.466 e. The van der Waals surface area contributed by atoms with Gasteiger partial charge in [-0.25, -0.2) is 0 Å². The minimum atomic E-state index is 0.0250. The maximum Gasteiger partial charge on any atom is 0.305 e. The number of carbonyl (C=O) groups is 1. The summed E-state index contributed by atoms with van der Waals surface area (Å²) in [6, 6.07) is 0. The molecule has 0 atom stereocenters. The van der Waals surface area contributed by atoms with Crippen LogP contribution in [0.2, 0.25) is 0 Å². The van der Waals surface area contributed by atoms with E-state index in [1.54, 1.807) is 0 Å². The lowest BCUT2D eigenvalue weighted by molar-refractivity contribution is -0.143. The van der Waals surface area contributed by atoms with Crippen molar-refractivity contribution in [2.75, 3.05) is 6.61 Å². The van der Waals surface area contributed by atoms with E-state index in [2.05, 4.69) is 13.8 Å². The van der Waals surface area contributed by atoms with E-state index in [4.69, 9.17) is 4.74 Å². The zero-order valence-electron chi connectivity index (χ0n) is 23.1. The monoisotopic (exact) mass is 466 g/mol. The molecule has 0 spiro atoms. The number of hydrogen-bond donors (Lipinski definition) is 0. The molecule has 0 saturated heterocycles. The number of esters is 1. The molecule has 0 heterocycles. The van der Waals surface area contributed by atoms with Gasteiger partial charge in [-0.3, -0.25) is 4.79 Å². The molecule has 0 N–H and O–H groups in total. The first-order valence-corrected chi connectivity index (χ1v) is 15.5. The SMILES string of the molecule is CCCCCCCCCCCCCCCOC(=O)CCCCCCCCCCCCCCC. The fraction of sp³-hybridized carbons (Fsp3) is 0.968. The zero-order chi connectivity index (χ0) is 24.1. The molecule has 0 aliphatic carbocycles. The fourth-order valence-electron chi connectivity index (χ4n) is 4.67. The third-order valence-electron chi connectivity index (χ3n) is 7.00. The lowest BCUT2D eigenvalue weighted by Gasteiger charge is -2.06. The van der Waals surface area contributed by atoms with Crippen LogP contribution in [0.4, 0.5) is 0 Å². The predicted octanol–water partition coefficient (Wildman–Crippen LogP) is 11.1. The van der Waals surface area contributed by atoms with Crippen LogP contribution in [0, 0.1) is 0 Å². The number of rotatable bonds is 28. The van der Waals surface area contributed by atoms with Crippen molar-refractivity contribution in [2.24, 2.45) is 0 Å². The molecule has 2 nitrogen and oxygen atoms in total. The zero-order valence-corrected chi connectivity index (χ0v) is 23.1. The van der Waals surface area contributed by atoms with Crippen LogP contribution in [0.1, 0.15) is 187 Å². The number of carbonyl (C=O) groups excluding carboxylic acids is 1. The Labute approximate surface area is 209 Å². The van der Waals surface area contributed by atoms with Crippen molar-refractivity contribution in [3.8, 4) is 0 Å². The molecular weight excluding hydrogens is 404 g/mol. The smallest absolute Gasteiger partial charge is 0.305 e. The molecule has 0 aromatic rings. The van der Waals surface area contributed by atoms with Crippen LogP contribution < -0.4 is 0 Å². The molecular formula is C31H62O2. The second kappa shape index (κ2) is 29.5. The highest BCUT2D eigenvalue weighted by atomic mass is 16.5.